The molecule has 0 amide bonds. The third-order valence-corrected chi connectivity index (χ3v) is 2.70. The van der Waals surface area contributed by atoms with Gasteiger partial charge in [-0.3, -0.25) is 9.69 Å². The second-order valence-corrected chi connectivity index (χ2v) is 5.89. The molecule has 0 aliphatic carbocycles. The molecular weight excluding hydrogens is 218 g/mol. The Kier molecular flexibility index (Phi) is 4.55. The summed E-state index contributed by atoms with van der Waals surface area (Å²) in [6.45, 7) is 13.1. The summed E-state index contributed by atoms with van der Waals surface area (Å²) in [7, 11) is 0. The first-order chi connectivity index (χ1) is 7.74. The molecule has 1 rings (SSSR count). The summed E-state index contributed by atoms with van der Waals surface area (Å²) in [6, 6.07) is 0. The maximum Gasteiger partial charge on any atom is 0.307 e. The van der Waals surface area contributed by atoms with Gasteiger partial charge in [0.1, 0.15) is 0 Å². The molecule has 0 atom stereocenters. The van der Waals surface area contributed by atoms with Crippen LogP contribution in [0, 0.1) is 0 Å². The van der Waals surface area contributed by atoms with Crippen LogP contribution in [0.1, 0.15) is 41.0 Å². The lowest BCUT2D eigenvalue weighted by Crippen LogP contribution is -2.57. The Bertz CT molecular complexity index is 258. The highest BCUT2D eigenvalue weighted by atomic mass is 16.5. The van der Waals surface area contributed by atoms with Crippen LogP contribution < -0.4 is 0 Å². The molecule has 0 aromatic heterocycles. The van der Waals surface area contributed by atoms with Crippen molar-refractivity contribution in [2.45, 2.75) is 52.2 Å². The molecule has 0 N–H and O–H groups in total. The number of hydrogen-bond donors (Lipinski definition) is 0. The minimum absolute atomic E-state index is 0.116. The summed E-state index contributed by atoms with van der Waals surface area (Å²) < 4.78 is 10.9. The average Bonchev–Trinajstić information content (AvgIpc) is 2.10. The summed E-state index contributed by atoms with van der Waals surface area (Å²) in [5, 5.41) is 0. The molecule has 1 aliphatic rings. The fraction of sp³-hybridized carbons (Fsp3) is 0.923. The topological polar surface area (TPSA) is 38.8 Å². The monoisotopic (exact) mass is 243 g/mol. The zero-order valence-electron chi connectivity index (χ0n) is 11.7. The van der Waals surface area contributed by atoms with Gasteiger partial charge >= 0.3 is 5.97 Å². The van der Waals surface area contributed by atoms with E-state index in [2.05, 4.69) is 32.6 Å². The molecule has 0 radical (unpaired) electrons. The molecule has 0 saturated carbocycles. The minimum Gasteiger partial charge on any atom is -0.466 e. The predicted molar refractivity (Wildman–Crippen MR) is 66.9 cm³/mol. The molecule has 4 heteroatoms. The smallest absolute Gasteiger partial charge is 0.307 e. The van der Waals surface area contributed by atoms with Crippen molar-refractivity contribution in [3.05, 3.63) is 0 Å². The number of morpholine rings is 1. The van der Waals surface area contributed by atoms with E-state index in [4.69, 9.17) is 9.47 Å². The first-order valence-electron chi connectivity index (χ1n) is 6.32. The zero-order chi connectivity index (χ0) is 13.1. The first kappa shape index (κ1) is 14.5. The number of carbonyl (C=O) groups is 1. The largest absolute Gasteiger partial charge is 0.466 e. The van der Waals surface area contributed by atoms with Crippen molar-refractivity contribution in [3.8, 4) is 0 Å². The van der Waals surface area contributed by atoms with Crippen LogP contribution in [0.2, 0.25) is 0 Å². The van der Waals surface area contributed by atoms with E-state index in [1.54, 1.807) is 0 Å². The number of hydrogen-bond acceptors (Lipinski definition) is 4. The molecule has 0 spiro atoms. The van der Waals surface area contributed by atoms with Crippen LogP contribution in [0.3, 0.4) is 0 Å². The summed E-state index contributed by atoms with van der Waals surface area (Å²) in [6.07, 6.45) is 0.458. The molecule has 4 nitrogen and oxygen atoms in total. The van der Waals surface area contributed by atoms with E-state index in [0.29, 0.717) is 13.0 Å². The van der Waals surface area contributed by atoms with Crippen LogP contribution in [0.4, 0.5) is 0 Å². The van der Waals surface area contributed by atoms with Gasteiger partial charge in [-0.05, 0) is 34.6 Å². The summed E-state index contributed by atoms with van der Waals surface area (Å²) in [4.78, 5) is 13.6. The first-order valence-corrected chi connectivity index (χ1v) is 6.32. The fourth-order valence-corrected chi connectivity index (χ4v) is 2.59. The molecule has 1 aliphatic heterocycles. The number of nitrogens with zero attached hydrogens (tertiary/aromatic N) is 1. The van der Waals surface area contributed by atoms with Gasteiger partial charge in [-0.1, -0.05) is 0 Å². The summed E-state index contributed by atoms with van der Waals surface area (Å²) in [5.41, 5.74) is -0.313. The van der Waals surface area contributed by atoms with Crippen LogP contribution >= 0.6 is 0 Å². The second-order valence-electron chi connectivity index (χ2n) is 5.89. The SMILES string of the molecule is CCOC(=O)CCN1CC(C)(C)OC(C)(C)C1. The highest BCUT2D eigenvalue weighted by molar-refractivity contribution is 5.69. The van der Waals surface area contributed by atoms with Crippen LogP contribution in [0.5, 0.6) is 0 Å². The number of rotatable bonds is 4. The van der Waals surface area contributed by atoms with Gasteiger partial charge in [0, 0.05) is 19.6 Å². The molecule has 1 heterocycles. The minimum atomic E-state index is -0.156. The van der Waals surface area contributed by atoms with Gasteiger partial charge in [-0.2, -0.15) is 0 Å². The normalized spacial score (nSPS) is 23.4. The van der Waals surface area contributed by atoms with Crippen molar-refractivity contribution in [1.29, 1.82) is 0 Å². The van der Waals surface area contributed by atoms with Crippen LogP contribution in [-0.2, 0) is 14.3 Å². The Hall–Kier alpha value is -0.610. The van der Waals surface area contributed by atoms with Crippen molar-refractivity contribution in [2.75, 3.05) is 26.2 Å². The van der Waals surface area contributed by atoms with Gasteiger partial charge in [0.25, 0.3) is 0 Å². The molecule has 0 unspecified atom stereocenters. The lowest BCUT2D eigenvalue weighted by Gasteiger charge is -2.47. The maximum atomic E-state index is 11.3. The Morgan fingerprint density at radius 3 is 2.24 bits per heavy atom. The highest BCUT2D eigenvalue weighted by Crippen LogP contribution is 2.27. The molecule has 17 heavy (non-hydrogen) atoms. The van der Waals surface area contributed by atoms with Crippen molar-refractivity contribution >= 4 is 5.97 Å². The molecule has 1 saturated heterocycles. The third kappa shape index (κ3) is 5.04. The van der Waals surface area contributed by atoms with Gasteiger partial charge in [-0.25, -0.2) is 0 Å². The van der Waals surface area contributed by atoms with E-state index in [1.165, 1.54) is 0 Å². The lowest BCUT2D eigenvalue weighted by molar-refractivity contribution is -0.181. The Morgan fingerprint density at radius 2 is 1.76 bits per heavy atom. The van der Waals surface area contributed by atoms with Crippen LogP contribution in [-0.4, -0.2) is 48.3 Å². The van der Waals surface area contributed by atoms with Crippen LogP contribution in [0.15, 0.2) is 0 Å². The van der Waals surface area contributed by atoms with E-state index in [1.807, 2.05) is 6.92 Å². The highest BCUT2D eigenvalue weighted by Gasteiger charge is 2.37. The summed E-state index contributed by atoms with van der Waals surface area (Å²) in [5.74, 6) is -0.116. The molecule has 0 aromatic carbocycles. The van der Waals surface area contributed by atoms with Gasteiger partial charge in [0.2, 0.25) is 0 Å². The van der Waals surface area contributed by atoms with E-state index < -0.39 is 0 Å². The van der Waals surface area contributed by atoms with E-state index in [9.17, 15) is 4.79 Å². The van der Waals surface area contributed by atoms with Crippen molar-refractivity contribution in [3.63, 3.8) is 0 Å². The summed E-state index contributed by atoms with van der Waals surface area (Å²) >= 11 is 0. The van der Waals surface area contributed by atoms with Crippen LogP contribution in [0.25, 0.3) is 0 Å². The number of ether oxygens (including phenoxy) is 2. The standard InChI is InChI=1S/C13H25NO3/c1-6-16-11(15)7-8-14-9-12(2,3)17-13(4,5)10-14/h6-10H2,1-5H3. The van der Waals surface area contributed by atoms with E-state index in [0.717, 1.165) is 19.6 Å². The van der Waals surface area contributed by atoms with Crippen molar-refractivity contribution in [2.24, 2.45) is 0 Å². The van der Waals surface area contributed by atoms with Gasteiger partial charge in [0.15, 0.2) is 0 Å². The number of carbonyl (C=O) groups excluding carboxylic acids is 1. The zero-order valence-corrected chi connectivity index (χ0v) is 11.7. The molecular formula is C13H25NO3. The molecule has 0 aromatic rings. The maximum absolute atomic E-state index is 11.3. The van der Waals surface area contributed by atoms with Gasteiger partial charge in [-0.15, -0.1) is 0 Å². The Morgan fingerprint density at radius 1 is 1.24 bits per heavy atom. The number of esters is 1. The van der Waals surface area contributed by atoms with Crippen molar-refractivity contribution < 1.29 is 14.3 Å². The Labute approximate surface area is 104 Å². The molecule has 100 valence electrons. The third-order valence-electron chi connectivity index (χ3n) is 2.70. The second kappa shape index (κ2) is 5.36. The Balaban J connectivity index is 2.46. The lowest BCUT2D eigenvalue weighted by atomic mass is 9.99. The fourth-order valence-electron chi connectivity index (χ4n) is 2.59. The van der Waals surface area contributed by atoms with E-state index in [-0.39, 0.29) is 17.2 Å². The quantitative estimate of drug-likeness (QED) is 0.706. The average molecular weight is 243 g/mol. The van der Waals surface area contributed by atoms with E-state index >= 15 is 0 Å². The predicted octanol–water partition coefficient (Wildman–Crippen LogP) is 1.83. The van der Waals surface area contributed by atoms with Gasteiger partial charge in [0.05, 0.1) is 24.2 Å². The van der Waals surface area contributed by atoms with Gasteiger partial charge < -0.3 is 9.47 Å². The molecule has 1 fully saturated rings. The molecule has 0 bridgehead atoms. The van der Waals surface area contributed by atoms with Crippen molar-refractivity contribution in [1.82, 2.24) is 4.90 Å².